The van der Waals surface area contributed by atoms with Crippen molar-refractivity contribution in [3.63, 3.8) is 0 Å². The highest BCUT2D eigenvalue weighted by Crippen LogP contribution is 2.22. The minimum atomic E-state index is 0.00689. The summed E-state index contributed by atoms with van der Waals surface area (Å²) in [7, 11) is 2.19. The molecule has 0 radical (unpaired) electrons. The van der Waals surface area contributed by atoms with E-state index in [1.165, 1.54) is 32.4 Å². The Morgan fingerprint density at radius 1 is 1.33 bits per heavy atom. The minimum Gasteiger partial charge on any atom is -0.326 e. The molecule has 4 heteroatoms. The first kappa shape index (κ1) is 13.8. The molecule has 1 N–H and O–H groups in total. The number of nitrogens with one attached hydrogen (secondary N) is 1. The monoisotopic (exact) mass is 253 g/mol. The Hall–Kier alpha value is -0.610. The van der Waals surface area contributed by atoms with Crippen LogP contribution >= 0.6 is 0 Å². The molecular formula is C14H27N3O. The first-order valence-corrected chi connectivity index (χ1v) is 7.37. The summed E-state index contributed by atoms with van der Waals surface area (Å²) in [6, 6.07) is 0.00689. The number of amides is 1. The zero-order valence-electron chi connectivity index (χ0n) is 12.0. The van der Waals surface area contributed by atoms with Crippen molar-refractivity contribution in [3.8, 4) is 0 Å². The molecule has 2 atom stereocenters. The summed E-state index contributed by atoms with van der Waals surface area (Å²) < 4.78 is 0. The Morgan fingerprint density at radius 3 is 2.61 bits per heavy atom. The molecule has 0 aromatic rings. The topological polar surface area (TPSA) is 35.6 Å². The Bertz CT molecular complexity index is 287. The van der Waals surface area contributed by atoms with E-state index in [4.69, 9.17) is 0 Å². The number of carbonyl (C=O) groups is 1. The molecule has 0 aromatic carbocycles. The van der Waals surface area contributed by atoms with Gasteiger partial charge >= 0.3 is 0 Å². The van der Waals surface area contributed by atoms with Crippen LogP contribution in [0, 0.1) is 5.92 Å². The lowest BCUT2D eigenvalue weighted by Crippen LogP contribution is -2.39. The van der Waals surface area contributed by atoms with Gasteiger partial charge in [0.25, 0.3) is 0 Å². The highest BCUT2D eigenvalue weighted by atomic mass is 16.2. The van der Waals surface area contributed by atoms with Crippen LogP contribution in [0.1, 0.15) is 39.5 Å². The van der Waals surface area contributed by atoms with E-state index in [2.05, 4.69) is 29.1 Å². The van der Waals surface area contributed by atoms with E-state index in [1.54, 1.807) is 0 Å². The molecule has 2 aliphatic heterocycles. The normalized spacial score (nSPS) is 31.3. The molecule has 0 saturated carbocycles. The number of hydrogen-bond donors (Lipinski definition) is 1. The average Bonchev–Trinajstić information content (AvgIpc) is 2.65. The molecule has 18 heavy (non-hydrogen) atoms. The van der Waals surface area contributed by atoms with Gasteiger partial charge in [0.1, 0.15) is 0 Å². The fourth-order valence-electron chi connectivity index (χ4n) is 3.13. The molecule has 2 aliphatic rings. The van der Waals surface area contributed by atoms with Gasteiger partial charge in [-0.2, -0.15) is 0 Å². The Morgan fingerprint density at radius 2 is 2.00 bits per heavy atom. The zero-order chi connectivity index (χ0) is 13.1. The molecule has 1 amide bonds. The summed E-state index contributed by atoms with van der Waals surface area (Å²) in [6.07, 6.45) is 5.02. The summed E-state index contributed by atoms with van der Waals surface area (Å²) >= 11 is 0. The average molecular weight is 253 g/mol. The van der Waals surface area contributed by atoms with E-state index in [0.717, 1.165) is 18.9 Å². The first-order valence-electron chi connectivity index (χ1n) is 7.37. The lowest BCUT2D eigenvalue weighted by molar-refractivity contribution is -0.130. The van der Waals surface area contributed by atoms with E-state index >= 15 is 0 Å². The number of rotatable bonds is 4. The summed E-state index contributed by atoms with van der Waals surface area (Å²) in [6.45, 7) is 7.48. The number of likely N-dealkylation sites (tertiary alicyclic amines) is 1. The van der Waals surface area contributed by atoms with Gasteiger partial charge in [-0.15, -0.1) is 0 Å². The van der Waals surface area contributed by atoms with Crippen molar-refractivity contribution < 1.29 is 4.79 Å². The molecule has 4 nitrogen and oxygen atoms in total. The fourth-order valence-corrected chi connectivity index (χ4v) is 3.13. The van der Waals surface area contributed by atoms with Crippen molar-refractivity contribution in [3.05, 3.63) is 0 Å². The van der Waals surface area contributed by atoms with Gasteiger partial charge < -0.3 is 9.80 Å². The van der Waals surface area contributed by atoms with E-state index in [-0.39, 0.29) is 18.1 Å². The molecule has 0 aromatic heterocycles. The summed E-state index contributed by atoms with van der Waals surface area (Å²) in [5.41, 5.74) is 0. The van der Waals surface area contributed by atoms with E-state index in [9.17, 15) is 4.79 Å². The van der Waals surface area contributed by atoms with E-state index in [1.807, 2.05) is 6.92 Å². The molecule has 2 unspecified atom stereocenters. The van der Waals surface area contributed by atoms with Crippen LogP contribution in [-0.2, 0) is 4.79 Å². The van der Waals surface area contributed by atoms with Crippen LogP contribution < -0.4 is 5.32 Å². The molecule has 2 heterocycles. The Labute approximate surface area is 111 Å². The summed E-state index contributed by atoms with van der Waals surface area (Å²) in [5, 5.41) is 3.37. The number of carbonyl (C=O) groups excluding carboxylic acids is 1. The molecule has 0 bridgehead atoms. The highest BCUT2D eigenvalue weighted by Gasteiger charge is 2.34. The second-order valence-corrected chi connectivity index (χ2v) is 5.88. The van der Waals surface area contributed by atoms with Gasteiger partial charge in [0.15, 0.2) is 0 Å². The van der Waals surface area contributed by atoms with Crippen molar-refractivity contribution in [2.24, 2.45) is 5.92 Å². The third-order valence-electron chi connectivity index (χ3n) is 4.48. The second kappa shape index (κ2) is 6.02. The van der Waals surface area contributed by atoms with Gasteiger partial charge in [0.05, 0.1) is 12.2 Å². The predicted molar refractivity (Wildman–Crippen MR) is 73.2 cm³/mol. The quantitative estimate of drug-likeness (QED) is 0.819. The second-order valence-electron chi connectivity index (χ2n) is 5.88. The third kappa shape index (κ3) is 3.04. The predicted octanol–water partition coefficient (Wildman–Crippen LogP) is 1.27. The van der Waals surface area contributed by atoms with Crippen molar-refractivity contribution in [2.45, 2.75) is 51.7 Å². The molecule has 104 valence electrons. The number of piperidine rings is 1. The molecular weight excluding hydrogens is 226 g/mol. The summed E-state index contributed by atoms with van der Waals surface area (Å²) in [5.74, 6) is 1.09. The van der Waals surface area contributed by atoms with Crippen LogP contribution in [0.2, 0.25) is 0 Å². The van der Waals surface area contributed by atoms with Crippen LogP contribution in [0.3, 0.4) is 0 Å². The van der Waals surface area contributed by atoms with E-state index in [0.29, 0.717) is 0 Å². The SMILES string of the molecule is CCC1NC(C)C(=O)N1CCC1CCN(C)CC1. The number of hydrogen-bond acceptors (Lipinski definition) is 3. The largest absolute Gasteiger partial charge is 0.326 e. The Balaban J connectivity index is 1.80. The van der Waals surface area contributed by atoms with Crippen LogP contribution in [0.25, 0.3) is 0 Å². The van der Waals surface area contributed by atoms with Crippen LogP contribution in [-0.4, -0.2) is 54.6 Å². The molecule has 0 aliphatic carbocycles. The van der Waals surface area contributed by atoms with Gasteiger partial charge in [0, 0.05) is 6.54 Å². The van der Waals surface area contributed by atoms with Gasteiger partial charge in [-0.25, -0.2) is 0 Å². The first-order chi connectivity index (χ1) is 8.61. The van der Waals surface area contributed by atoms with Gasteiger partial charge in [-0.3, -0.25) is 10.1 Å². The standard InChI is InChI=1S/C14H27N3O/c1-4-13-15-11(2)14(18)17(13)10-7-12-5-8-16(3)9-6-12/h11-13,15H,4-10H2,1-3H3. The molecule has 2 fully saturated rings. The maximum absolute atomic E-state index is 12.1. The maximum atomic E-state index is 12.1. The lowest BCUT2D eigenvalue weighted by atomic mass is 9.93. The maximum Gasteiger partial charge on any atom is 0.240 e. The molecule has 2 rings (SSSR count). The minimum absolute atomic E-state index is 0.00689. The van der Waals surface area contributed by atoms with Crippen LogP contribution in [0.15, 0.2) is 0 Å². The zero-order valence-corrected chi connectivity index (χ0v) is 12.0. The van der Waals surface area contributed by atoms with Gasteiger partial charge in [0.2, 0.25) is 5.91 Å². The van der Waals surface area contributed by atoms with Crippen molar-refractivity contribution in [1.29, 1.82) is 0 Å². The third-order valence-corrected chi connectivity index (χ3v) is 4.48. The fraction of sp³-hybridized carbons (Fsp3) is 0.929. The highest BCUT2D eigenvalue weighted by molar-refractivity contribution is 5.83. The van der Waals surface area contributed by atoms with Crippen LogP contribution in [0.4, 0.5) is 0 Å². The lowest BCUT2D eigenvalue weighted by Gasteiger charge is -2.31. The van der Waals surface area contributed by atoms with Gasteiger partial charge in [-0.05, 0) is 58.7 Å². The van der Waals surface area contributed by atoms with Crippen molar-refractivity contribution in [2.75, 3.05) is 26.7 Å². The number of nitrogens with zero attached hydrogens (tertiary/aromatic N) is 2. The van der Waals surface area contributed by atoms with Crippen molar-refractivity contribution >= 4 is 5.91 Å². The van der Waals surface area contributed by atoms with Crippen molar-refractivity contribution in [1.82, 2.24) is 15.1 Å². The summed E-state index contributed by atoms with van der Waals surface area (Å²) in [4.78, 5) is 16.5. The smallest absolute Gasteiger partial charge is 0.240 e. The molecule has 2 saturated heterocycles. The van der Waals surface area contributed by atoms with Crippen LogP contribution in [0.5, 0.6) is 0 Å². The van der Waals surface area contributed by atoms with Gasteiger partial charge in [-0.1, -0.05) is 6.92 Å². The van der Waals surface area contributed by atoms with E-state index < -0.39 is 0 Å². The molecule has 0 spiro atoms. The Kier molecular flexibility index (Phi) is 4.62.